The van der Waals surface area contributed by atoms with Gasteiger partial charge in [-0.25, -0.2) is 4.68 Å². The van der Waals surface area contributed by atoms with Crippen molar-refractivity contribution in [3.8, 4) is 0 Å². The van der Waals surface area contributed by atoms with Gasteiger partial charge in [-0.1, -0.05) is 31.5 Å². The smallest absolute Gasteiger partial charge is 0.274 e. The van der Waals surface area contributed by atoms with Crippen LogP contribution >= 0.6 is 0 Å². The first-order valence-electron chi connectivity index (χ1n) is 10.1. The van der Waals surface area contributed by atoms with Gasteiger partial charge in [-0.15, -0.1) is 0 Å². The average molecular weight is 370 g/mol. The van der Waals surface area contributed by atoms with Gasteiger partial charge in [-0.2, -0.15) is 5.10 Å². The summed E-state index contributed by atoms with van der Waals surface area (Å²) in [6.45, 7) is 7.65. The number of benzene rings is 1. The summed E-state index contributed by atoms with van der Waals surface area (Å²) in [7, 11) is 0. The van der Waals surface area contributed by atoms with E-state index in [2.05, 4.69) is 22.2 Å². The molecule has 0 saturated carbocycles. The summed E-state index contributed by atoms with van der Waals surface area (Å²) in [6, 6.07) is 7.56. The van der Waals surface area contributed by atoms with Crippen LogP contribution in [0.4, 0.5) is 0 Å². The van der Waals surface area contributed by atoms with Crippen LogP contribution in [0, 0.1) is 0 Å². The summed E-state index contributed by atoms with van der Waals surface area (Å²) >= 11 is 0. The molecule has 6 heteroatoms. The normalized spacial score (nSPS) is 16.4. The summed E-state index contributed by atoms with van der Waals surface area (Å²) in [5.41, 5.74) is 0.561. The minimum absolute atomic E-state index is 0.0298. The Morgan fingerprint density at radius 2 is 1.85 bits per heavy atom. The lowest BCUT2D eigenvalue weighted by Crippen LogP contribution is -2.45. The van der Waals surface area contributed by atoms with Gasteiger partial charge in [-0.05, 0) is 45.3 Å². The van der Waals surface area contributed by atoms with E-state index in [1.165, 1.54) is 23.9 Å². The summed E-state index contributed by atoms with van der Waals surface area (Å²) in [4.78, 5) is 27.6. The fourth-order valence-electron chi connectivity index (χ4n) is 3.81. The zero-order valence-corrected chi connectivity index (χ0v) is 16.4. The lowest BCUT2D eigenvalue weighted by atomic mass is 10.1. The number of aromatic nitrogens is 2. The highest BCUT2D eigenvalue weighted by Crippen LogP contribution is 2.14. The van der Waals surface area contributed by atoms with E-state index in [1.807, 2.05) is 25.1 Å². The van der Waals surface area contributed by atoms with Crippen LogP contribution in [0.3, 0.4) is 0 Å². The van der Waals surface area contributed by atoms with Crippen LogP contribution in [0.1, 0.15) is 45.2 Å². The fraction of sp³-hybridized carbons (Fsp3) is 0.571. The number of hydrogen-bond acceptors (Lipinski definition) is 4. The predicted molar refractivity (Wildman–Crippen MR) is 108 cm³/mol. The molecule has 6 nitrogen and oxygen atoms in total. The van der Waals surface area contributed by atoms with Gasteiger partial charge in [0.05, 0.1) is 17.5 Å². The summed E-state index contributed by atoms with van der Waals surface area (Å²) in [5, 5.41) is 9.00. The Hall–Kier alpha value is -2.21. The molecular weight excluding hydrogens is 340 g/mol. The standard InChI is InChI=1S/C21H30N4O2/c1-3-16(15-24-12-8-5-9-13-24)22-20(26)14-19-17-10-6-7-11-18(17)21(27)25(4-2)23-19/h6-7,10-11,16H,3-5,8-9,12-15H2,1-2H3,(H,22,26). The topological polar surface area (TPSA) is 67.2 Å². The highest BCUT2D eigenvalue weighted by Gasteiger charge is 2.19. The van der Waals surface area contributed by atoms with Gasteiger partial charge in [0.25, 0.3) is 5.56 Å². The molecule has 1 atom stereocenters. The molecule has 1 aromatic carbocycles. The summed E-state index contributed by atoms with van der Waals surface area (Å²) in [5.74, 6) is -0.0298. The van der Waals surface area contributed by atoms with Crippen molar-refractivity contribution >= 4 is 16.7 Å². The van der Waals surface area contributed by atoms with E-state index < -0.39 is 0 Å². The molecule has 3 rings (SSSR count). The van der Waals surface area contributed by atoms with Crippen molar-refractivity contribution in [1.82, 2.24) is 20.0 Å². The van der Waals surface area contributed by atoms with Gasteiger partial charge in [0.1, 0.15) is 0 Å². The monoisotopic (exact) mass is 370 g/mol. The summed E-state index contributed by atoms with van der Waals surface area (Å²) < 4.78 is 1.44. The Balaban J connectivity index is 1.73. The molecule has 1 aliphatic heterocycles. The van der Waals surface area contributed by atoms with Crippen molar-refractivity contribution in [1.29, 1.82) is 0 Å². The lowest BCUT2D eigenvalue weighted by Gasteiger charge is -2.30. The van der Waals surface area contributed by atoms with E-state index in [0.29, 0.717) is 17.6 Å². The predicted octanol–water partition coefficient (Wildman–Crippen LogP) is 2.34. The number of rotatable bonds is 7. The number of piperidine rings is 1. The summed E-state index contributed by atoms with van der Waals surface area (Å²) in [6.07, 6.45) is 4.91. The van der Waals surface area contributed by atoms with E-state index in [4.69, 9.17) is 0 Å². The first-order chi connectivity index (χ1) is 13.1. The molecule has 0 bridgehead atoms. The molecule has 2 heterocycles. The van der Waals surface area contributed by atoms with Crippen molar-refractivity contribution in [2.45, 2.75) is 58.5 Å². The van der Waals surface area contributed by atoms with Crippen LogP contribution in [0.15, 0.2) is 29.1 Å². The SMILES string of the molecule is CCC(CN1CCCCC1)NC(=O)Cc1nn(CC)c(=O)c2ccccc12. The molecule has 0 radical (unpaired) electrons. The first kappa shape index (κ1) is 19.5. The van der Waals surface area contributed by atoms with Crippen LogP contribution in [0.25, 0.3) is 10.8 Å². The minimum Gasteiger partial charge on any atom is -0.352 e. The second-order valence-corrected chi connectivity index (χ2v) is 7.32. The number of nitrogens with one attached hydrogen (secondary N) is 1. The molecule has 1 unspecified atom stereocenters. The largest absolute Gasteiger partial charge is 0.352 e. The molecule has 1 N–H and O–H groups in total. The number of carbonyl (C=O) groups excluding carboxylic acids is 1. The number of hydrogen-bond donors (Lipinski definition) is 1. The van der Waals surface area contributed by atoms with Crippen molar-refractivity contribution in [2.75, 3.05) is 19.6 Å². The molecule has 2 aromatic rings. The maximum absolute atomic E-state index is 12.7. The Bertz CT molecular complexity index is 840. The Kier molecular flexibility index (Phi) is 6.61. The molecule has 1 fully saturated rings. The zero-order valence-electron chi connectivity index (χ0n) is 16.4. The van der Waals surface area contributed by atoms with E-state index in [1.54, 1.807) is 6.07 Å². The van der Waals surface area contributed by atoms with Crippen LogP contribution in [0.5, 0.6) is 0 Å². The van der Waals surface area contributed by atoms with Crippen LogP contribution < -0.4 is 10.9 Å². The number of fused-ring (bicyclic) bond motifs is 1. The third kappa shape index (κ3) is 4.75. The van der Waals surface area contributed by atoms with Crippen molar-refractivity contribution in [2.24, 2.45) is 0 Å². The van der Waals surface area contributed by atoms with Crippen LogP contribution in [0.2, 0.25) is 0 Å². The van der Waals surface area contributed by atoms with Gasteiger partial charge in [0.2, 0.25) is 5.91 Å². The molecule has 27 heavy (non-hydrogen) atoms. The number of likely N-dealkylation sites (tertiary alicyclic amines) is 1. The molecule has 146 valence electrons. The molecule has 1 aromatic heterocycles. The number of aryl methyl sites for hydroxylation is 1. The van der Waals surface area contributed by atoms with E-state index in [-0.39, 0.29) is 23.9 Å². The van der Waals surface area contributed by atoms with Gasteiger partial charge in [-0.3, -0.25) is 9.59 Å². The quantitative estimate of drug-likeness (QED) is 0.812. The number of nitrogens with zero attached hydrogens (tertiary/aromatic N) is 3. The Morgan fingerprint density at radius 1 is 1.15 bits per heavy atom. The Morgan fingerprint density at radius 3 is 2.52 bits per heavy atom. The number of carbonyl (C=O) groups is 1. The third-order valence-corrected chi connectivity index (χ3v) is 5.36. The van der Waals surface area contributed by atoms with Gasteiger partial charge >= 0.3 is 0 Å². The second kappa shape index (κ2) is 9.13. The second-order valence-electron chi connectivity index (χ2n) is 7.32. The molecule has 1 aliphatic rings. The van der Waals surface area contributed by atoms with Crippen molar-refractivity contribution in [3.63, 3.8) is 0 Å². The fourth-order valence-corrected chi connectivity index (χ4v) is 3.81. The van der Waals surface area contributed by atoms with Gasteiger partial charge in [0, 0.05) is 24.5 Å². The maximum Gasteiger partial charge on any atom is 0.274 e. The molecular formula is C21H30N4O2. The van der Waals surface area contributed by atoms with E-state index >= 15 is 0 Å². The van der Waals surface area contributed by atoms with Gasteiger partial charge < -0.3 is 10.2 Å². The highest BCUT2D eigenvalue weighted by atomic mass is 16.2. The molecule has 1 amide bonds. The minimum atomic E-state index is -0.103. The van der Waals surface area contributed by atoms with E-state index in [9.17, 15) is 9.59 Å². The van der Waals surface area contributed by atoms with Crippen molar-refractivity contribution in [3.05, 3.63) is 40.3 Å². The molecule has 0 aliphatic carbocycles. The number of amides is 1. The van der Waals surface area contributed by atoms with Gasteiger partial charge in [0.15, 0.2) is 0 Å². The maximum atomic E-state index is 12.7. The molecule has 0 spiro atoms. The third-order valence-electron chi connectivity index (χ3n) is 5.36. The first-order valence-corrected chi connectivity index (χ1v) is 10.1. The van der Waals surface area contributed by atoms with Crippen LogP contribution in [-0.4, -0.2) is 46.3 Å². The highest BCUT2D eigenvalue weighted by molar-refractivity contribution is 5.88. The van der Waals surface area contributed by atoms with Crippen molar-refractivity contribution < 1.29 is 4.79 Å². The van der Waals surface area contributed by atoms with E-state index in [0.717, 1.165) is 31.4 Å². The Labute approximate surface area is 160 Å². The zero-order chi connectivity index (χ0) is 19.2. The molecule has 1 saturated heterocycles. The lowest BCUT2D eigenvalue weighted by molar-refractivity contribution is -0.121. The average Bonchev–Trinajstić information content (AvgIpc) is 2.70. The van der Waals surface area contributed by atoms with Crippen LogP contribution in [-0.2, 0) is 17.8 Å².